The van der Waals surface area contributed by atoms with Crippen LogP contribution in [-0.4, -0.2) is 15.9 Å². The van der Waals surface area contributed by atoms with Gasteiger partial charge < -0.3 is 10.6 Å². The fraction of sp³-hybridized carbons (Fsp3) is 0.227. The molecule has 0 aliphatic carbocycles. The summed E-state index contributed by atoms with van der Waals surface area (Å²) in [6, 6.07) is 10.7. The number of alkyl halides is 3. The summed E-state index contributed by atoms with van der Waals surface area (Å²) in [7, 11) is 0. The number of hydrogen-bond donors (Lipinski definition) is 2. The first-order valence-corrected chi connectivity index (χ1v) is 9.47. The van der Waals surface area contributed by atoms with E-state index in [-0.39, 0.29) is 16.8 Å². The second-order valence-corrected chi connectivity index (χ2v) is 6.68. The van der Waals surface area contributed by atoms with Crippen LogP contribution in [0.3, 0.4) is 0 Å². The van der Waals surface area contributed by atoms with E-state index in [1.54, 1.807) is 24.5 Å². The number of anilines is 2. The second-order valence-electron chi connectivity index (χ2n) is 6.68. The van der Waals surface area contributed by atoms with Gasteiger partial charge in [0.15, 0.2) is 0 Å². The number of carbonyl (C=O) groups is 1. The molecule has 0 unspecified atom stereocenters. The van der Waals surface area contributed by atoms with Crippen molar-refractivity contribution < 1.29 is 18.0 Å². The summed E-state index contributed by atoms with van der Waals surface area (Å²) in [5.41, 5.74) is 0.741. The van der Waals surface area contributed by atoms with E-state index < -0.39 is 17.6 Å². The van der Waals surface area contributed by atoms with Crippen molar-refractivity contribution >= 4 is 17.4 Å². The van der Waals surface area contributed by atoms with Crippen molar-refractivity contribution in [2.75, 3.05) is 10.6 Å². The first-order chi connectivity index (χ1) is 14.4. The molecule has 3 rings (SSSR count). The average molecular weight is 414 g/mol. The maximum Gasteiger partial charge on any atom is 0.416 e. The molecule has 0 radical (unpaired) electrons. The zero-order chi connectivity index (χ0) is 21.6. The van der Waals surface area contributed by atoms with Gasteiger partial charge in [0, 0.05) is 30.8 Å². The molecule has 5 nitrogen and oxygen atoms in total. The fourth-order valence-electron chi connectivity index (χ4n) is 3.02. The Bertz CT molecular complexity index is 1010. The third-order valence-corrected chi connectivity index (χ3v) is 4.45. The number of aromatic nitrogens is 2. The van der Waals surface area contributed by atoms with Crippen molar-refractivity contribution in [1.82, 2.24) is 9.97 Å². The number of pyridine rings is 2. The van der Waals surface area contributed by atoms with Gasteiger partial charge in [-0.2, -0.15) is 13.2 Å². The van der Waals surface area contributed by atoms with Crippen LogP contribution in [0.25, 0.3) is 0 Å². The highest BCUT2D eigenvalue weighted by atomic mass is 19.4. The van der Waals surface area contributed by atoms with E-state index in [4.69, 9.17) is 0 Å². The molecule has 1 aromatic carbocycles. The number of amides is 1. The predicted octanol–water partition coefficient (Wildman–Crippen LogP) is 5.31. The molecule has 0 bridgehead atoms. The summed E-state index contributed by atoms with van der Waals surface area (Å²) in [6.45, 7) is 2.24. The van der Waals surface area contributed by atoms with Gasteiger partial charge in [-0.3, -0.25) is 9.78 Å². The molecule has 156 valence electrons. The summed E-state index contributed by atoms with van der Waals surface area (Å²) < 4.78 is 40.2. The maximum absolute atomic E-state index is 13.4. The number of rotatable bonds is 7. The van der Waals surface area contributed by atoms with Crippen LogP contribution in [0.2, 0.25) is 0 Å². The zero-order valence-corrected chi connectivity index (χ0v) is 16.3. The smallest absolute Gasteiger partial charge is 0.365 e. The first kappa shape index (κ1) is 21.3. The minimum atomic E-state index is -4.49. The Morgan fingerprint density at radius 3 is 2.53 bits per heavy atom. The Hall–Kier alpha value is -3.42. The van der Waals surface area contributed by atoms with Crippen LogP contribution in [0.15, 0.2) is 61.1 Å². The monoisotopic (exact) mass is 414 g/mol. The van der Waals surface area contributed by atoms with Crippen LogP contribution in [0.1, 0.15) is 40.4 Å². The molecule has 2 aromatic heterocycles. The van der Waals surface area contributed by atoms with E-state index in [1.807, 2.05) is 19.1 Å². The summed E-state index contributed by atoms with van der Waals surface area (Å²) in [5, 5.41) is 5.63. The van der Waals surface area contributed by atoms with Gasteiger partial charge in [0.25, 0.3) is 5.91 Å². The van der Waals surface area contributed by atoms with Gasteiger partial charge in [0.1, 0.15) is 5.82 Å². The molecule has 2 heterocycles. The molecule has 1 amide bonds. The molecule has 2 N–H and O–H groups in total. The largest absolute Gasteiger partial charge is 0.416 e. The van der Waals surface area contributed by atoms with Crippen LogP contribution < -0.4 is 10.6 Å². The molecule has 8 heteroatoms. The molecule has 30 heavy (non-hydrogen) atoms. The van der Waals surface area contributed by atoms with Gasteiger partial charge in [0.05, 0.1) is 11.1 Å². The highest BCUT2D eigenvalue weighted by molar-refractivity contribution is 6.07. The number of hydrogen-bond acceptors (Lipinski definition) is 4. The van der Waals surface area contributed by atoms with E-state index in [0.717, 1.165) is 11.6 Å². The van der Waals surface area contributed by atoms with Gasteiger partial charge in [0.2, 0.25) is 0 Å². The zero-order valence-electron chi connectivity index (χ0n) is 16.3. The first-order valence-electron chi connectivity index (χ1n) is 9.47. The number of halogens is 3. The SMILES string of the molecule is CCCc1ccc(NC(=O)c2cccnc2NCc2ccncc2)cc1C(F)(F)F. The average Bonchev–Trinajstić information content (AvgIpc) is 2.73. The summed E-state index contributed by atoms with van der Waals surface area (Å²) in [4.78, 5) is 20.9. The van der Waals surface area contributed by atoms with Crippen LogP contribution in [-0.2, 0) is 19.1 Å². The van der Waals surface area contributed by atoms with E-state index in [9.17, 15) is 18.0 Å². The lowest BCUT2D eigenvalue weighted by Crippen LogP contribution is -2.17. The number of benzene rings is 1. The quantitative estimate of drug-likeness (QED) is 0.550. The van der Waals surface area contributed by atoms with Gasteiger partial charge >= 0.3 is 6.18 Å². The van der Waals surface area contributed by atoms with Crippen LogP contribution in [0.4, 0.5) is 24.7 Å². The van der Waals surface area contributed by atoms with Crippen molar-refractivity contribution in [3.05, 3.63) is 83.3 Å². The van der Waals surface area contributed by atoms with Gasteiger partial charge in [-0.05, 0) is 53.9 Å². The van der Waals surface area contributed by atoms with E-state index in [1.165, 1.54) is 18.3 Å². The van der Waals surface area contributed by atoms with Crippen molar-refractivity contribution in [3.63, 3.8) is 0 Å². The molecular formula is C22H21F3N4O. The van der Waals surface area contributed by atoms with Crippen molar-refractivity contribution in [3.8, 4) is 0 Å². The molecule has 0 atom stereocenters. The highest BCUT2D eigenvalue weighted by Gasteiger charge is 2.33. The Morgan fingerprint density at radius 1 is 1.07 bits per heavy atom. The van der Waals surface area contributed by atoms with Gasteiger partial charge in [-0.1, -0.05) is 19.4 Å². The van der Waals surface area contributed by atoms with Crippen LogP contribution >= 0.6 is 0 Å². The number of nitrogens with zero attached hydrogens (tertiary/aromatic N) is 2. The van der Waals surface area contributed by atoms with Crippen molar-refractivity contribution in [2.24, 2.45) is 0 Å². The Morgan fingerprint density at radius 2 is 1.83 bits per heavy atom. The molecule has 0 aliphatic rings. The summed E-state index contributed by atoms with van der Waals surface area (Å²) in [5.74, 6) is -0.206. The van der Waals surface area contributed by atoms with Gasteiger partial charge in [-0.15, -0.1) is 0 Å². The molecule has 0 spiro atoms. The third kappa shape index (κ3) is 5.34. The fourth-order valence-corrected chi connectivity index (χ4v) is 3.02. The minimum absolute atomic E-state index is 0.0797. The standard InChI is InChI=1S/C22H21F3N4O/c1-2-4-16-6-7-17(13-19(16)22(23,24)25)29-21(30)18-5-3-10-27-20(18)28-14-15-8-11-26-12-9-15/h3,5-13H,2,4,14H2,1H3,(H,27,28)(H,29,30). The molecular weight excluding hydrogens is 393 g/mol. The minimum Gasteiger partial charge on any atom is -0.365 e. The second kappa shape index (κ2) is 9.39. The number of nitrogens with one attached hydrogen (secondary N) is 2. The number of carbonyl (C=O) groups excluding carboxylic acids is 1. The van der Waals surface area contributed by atoms with Crippen molar-refractivity contribution in [1.29, 1.82) is 0 Å². The molecule has 3 aromatic rings. The maximum atomic E-state index is 13.4. The third-order valence-electron chi connectivity index (χ3n) is 4.45. The topological polar surface area (TPSA) is 66.9 Å². The van der Waals surface area contributed by atoms with E-state index >= 15 is 0 Å². The Balaban J connectivity index is 1.79. The lowest BCUT2D eigenvalue weighted by molar-refractivity contribution is -0.138. The summed E-state index contributed by atoms with van der Waals surface area (Å²) in [6.07, 6.45) is 1.27. The van der Waals surface area contributed by atoms with E-state index in [2.05, 4.69) is 20.6 Å². The van der Waals surface area contributed by atoms with Gasteiger partial charge in [-0.25, -0.2) is 4.98 Å². The van der Waals surface area contributed by atoms with Crippen LogP contribution in [0.5, 0.6) is 0 Å². The highest BCUT2D eigenvalue weighted by Crippen LogP contribution is 2.34. The van der Waals surface area contributed by atoms with Crippen molar-refractivity contribution in [2.45, 2.75) is 32.5 Å². The predicted molar refractivity (Wildman–Crippen MR) is 109 cm³/mol. The summed E-state index contributed by atoms with van der Waals surface area (Å²) >= 11 is 0. The Labute approximate surface area is 172 Å². The lowest BCUT2D eigenvalue weighted by Gasteiger charge is -2.15. The molecule has 0 fully saturated rings. The van der Waals surface area contributed by atoms with E-state index in [0.29, 0.717) is 25.2 Å². The number of aryl methyl sites for hydroxylation is 1. The molecule has 0 aliphatic heterocycles. The lowest BCUT2D eigenvalue weighted by atomic mass is 10.0. The molecule has 0 saturated heterocycles. The normalized spacial score (nSPS) is 11.2. The van der Waals surface area contributed by atoms with Crippen LogP contribution in [0, 0.1) is 0 Å². The Kier molecular flexibility index (Phi) is 6.66. The molecule has 0 saturated carbocycles.